The van der Waals surface area contributed by atoms with Crippen molar-refractivity contribution in [1.82, 2.24) is 4.90 Å². The van der Waals surface area contributed by atoms with Gasteiger partial charge in [0.15, 0.2) is 0 Å². The second kappa shape index (κ2) is 6.53. The van der Waals surface area contributed by atoms with E-state index in [9.17, 15) is 0 Å². The molecule has 0 amide bonds. The lowest BCUT2D eigenvalue weighted by Crippen LogP contribution is -2.20. The van der Waals surface area contributed by atoms with Crippen LogP contribution in [-0.4, -0.2) is 18.5 Å². The fourth-order valence-electron chi connectivity index (χ4n) is 1.63. The molecule has 0 aliphatic heterocycles. The molecule has 4 heteroatoms. The number of thiophene rings is 1. The Labute approximate surface area is 116 Å². The minimum absolute atomic E-state index is 0.188. The lowest BCUT2D eigenvalue weighted by molar-refractivity contribution is 0.300. The number of halogens is 1. The van der Waals surface area contributed by atoms with Crippen LogP contribution < -0.4 is 0 Å². The molecule has 1 heterocycles. The lowest BCUT2D eigenvalue weighted by Gasteiger charge is -2.19. The van der Waals surface area contributed by atoms with Crippen LogP contribution >= 0.6 is 27.3 Å². The third kappa shape index (κ3) is 5.67. The first-order valence-corrected chi connectivity index (χ1v) is 7.43. The maximum atomic E-state index is 8.93. The largest absolute Gasteiger partial charge is 0.301 e. The predicted octanol–water partition coefficient (Wildman–Crippen LogP) is 4.27. The highest BCUT2D eigenvalue weighted by Crippen LogP contribution is 2.22. The van der Waals surface area contributed by atoms with Crippen LogP contribution in [0.4, 0.5) is 0 Å². The Morgan fingerprint density at radius 2 is 2.24 bits per heavy atom. The van der Waals surface area contributed by atoms with Crippen molar-refractivity contribution in [2.75, 3.05) is 13.6 Å². The fourth-order valence-corrected chi connectivity index (χ4v) is 3.16. The van der Waals surface area contributed by atoms with Gasteiger partial charge >= 0.3 is 0 Å². The Balaban J connectivity index is 2.27. The van der Waals surface area contributed by atoms with Gasteiger partial charge in [-0.3, -0.25) is 0 Å². The molecule has 1 aromatic rings. The van der Waals surface area contributed by atoms with Gasteiger partial charge in [0.2, 0.25) is 0 Å². The highest BCUT2D eigenvalue weighted by molar-refractivity contribution is 9.10. The number of hydrogen-bond donors (Lipinski definition) is 0. The van der Waals surface area contributed by atoms with Gasteiger partial charge in [-0.15, -0.1) is 11.3 Å². The first-order valence-electron chi connectivity index (χ1n) is 5.76. The zero-order valence-electron chi connectivity index (χ0n) is 10.7. The number of nitrogens with zero attached hydrogens (tertiary/aromatic N) is 2. The summed E-state index contributed by atoms with van der Waals surface area (Å²) in [4.78, 5) is 3.69. The van der Waals surface area contributed by atoms with Gasteiger partial charge in [0, 0.05) is 21.3 Å². The van der Waals surface area contributed by atoms with Gasteiger partial charge in [-0.05, 0) is 62.3 Å². The summed E-state index contributed by atoms with van der Waals surface area (Å²) in [6, 6.07) is 4.51. The Bertz CT molecular complexity index is 392. The van der Waals surface area contributed by atoms with Crippen LogP contribution in [0.2, 0.25) is 0 Å². The van der Waals surface area contributed by atoms with Crippen LogP contribution in [0.1, 0.15) is 31.6 Å². The van der Waals surface area contributed by atoms with Crippen LogP contribution in [0.25, 0.3) is 0 Å². The number of hydrogen-bond acceptors (Lipinski definition) is 3. The summed E-state index contributed by atoms with van der Waals surface area (Å²) in [5, 5.41) is 11.0. The molecule has 0 bridgehead atoms. The lowest BCUT2D eigenvalue weighted by atomic mass is 9.90. The van der Waals surface area contributed by atoms with E-state index in [0.717, 1.165) is 30.4 Å². The normalized spacial score (nSPS) is 11.8. The highest BCUT2D eigenvalue weighted by atomic mass is 79.9. The number of rotatable bonds is 6. The molecule has 0 saturated carbocycles. The van der Waals surface area contributed by atoms with Gasteiger partial charge < -0.3 is 4.90 Å². The Kier molecular flexibility index (Phi) is 5.64. The van der Waals surface area contributed by atoms with Crippen molar-refractivity contribution in [1.29, 1.82) is 5.26 Å². The second-order valence-corrected chi connectivity index (χ2v) is 6.98. The van der Waals surface area contributed by atoms with Crippen molar-refractivity contribution in [3.8, 4) is 6.07 Å². The van der Waals surface area contributed by atoms with Crippen LogP contribution in [0, 0.1) is 16.7 Å². The van der Waals surface area contributed by atoms with Crippen LogP contribution in [0.3, 0.4) is 0 Å². The van der Waals surface area contributed by atoms with Gasteiger partial charge in [-0.25, -0.2) is 0 Å². The molecule has 0 atom stereocenters. The zero-order valence-corrected chi connectivity index (χ0v) is 13.1. The van der Waals surface area contributed by atoms with Crippen molar-refractivity contribution < 1.29 is 0 Å². The Hall–Kier alpha value is -0.370. The summed E-state index contributed by atoms with van der Waals surface area (Å²) in [5.74, 6) is 0. The van der Waals surface area contributed by atoms with Gasteiger partial charge in [0.1, 0.15) is 0 Å². The second-order valence-electron chi connectivity index (χ2n) is 5.07. The maximum absolute atomic E-state index is 8.93. The van der Waals surface area contributed by atoms with E-state index in [4.69, 9.17) is 5.26 Å². The molecule has 0 unspecified atom stereocenters. The summed E-state index contributed by atoms with van der Waals surface area (Å²) >= 11 is 5.25. The molecule has 0 aromatic carbocycles. The summed E-state index contributed by atoms with van der Waals surface area (Å²) < 4.78 is 1.16. The Morgan fingerprint density at radius 1 is 1.53 bits per heavy atom. The topological polar surface area (TPSA) is 27.0 Å². The highest BCUT2D eigenvalue weighted by Gasteiger charge is 2.16. The van der Waals surface area contributed by atoms with Crippen molar-refractivity contribution >= 4 is 27.3 Å². The molecule has 0 aliphatic carbocycles. The minimum Gasteiger partial charge on any atom is -0.301 e. The summed E-state index contributed by atoms with van der Waals surface area (Å²) in [6.07, 6.45) is 2.03. The van der Waals surface area contributed by atoms with Crippen molar-refractivity contribution in [3.05, 3.63) is 20.8 Å². The van der Waals surface area contributed by atoms with Crippen LogP contribution in [-0.2, 0) is 6.54 Å². The smallest absolute Gasteiger partial charge is 0.0683 e. The molecular weight excluding hydrogens is 296 g/mol. The molecule has 0 N–H and O–H groups in total. The molecule has 0 radical (unpaired) electrons. The standard InChI is InChI=1S/C13H19BrN2S/c1-13(2,10-15)5-4-6-16(3)8-12-7-11(14)9-17-12/h7,9H,4-6,8H2,1-3H3. The molecule has 0 spiro atoms. The SMILES string of the molecule is CN(CCCC(C)(C)C#N)Cc1cc(Br)cs1. The molecule has 1 rings (SSSR count). The van der Waals surface area contributed by atoms with E-state index < -0.39 is 0 Å². The third-order valence-electron chi connectivity index (χ3n) is 2.69. The average Bonchev–Trinajstić information content (AvgIpc) is 2.63. The van der Waals surface area contributed by atoms with Crippen LogP contribution in [0.15, 0.2) is 15.9 Å². The molecule has 1 aromatic heterocycles. The van der Waals surface area contributed by atoms with E-state index in [2.05, 4.69) is 45.4 Å². The quantitative estimate of drug-likeness (QED) is 0.784. The third-order valence-corrected chi connectivity index (χ3v) is 4.37. The molecule has 2 nitrogen and oxygen atoms in total. The Morgan fingerprint density at radius 3 is 2.76 bits per heavy atom. The first-order chi connectivity index (χ1) is 7.93. The van der Waals surface area contributed by atoms with E-state index in [1.165, 1.54) is 4.88 Å². The van der Waals surface area contributed by atoms with Gasteiger partial charge in [0.05, 0.1) is 11.5 Å². The average molecular weight is 315 g/mol. The molecular formula is C13H19BrN2S. The van der Waals surface area contributed by atoms with Crippen LogP contribution in [0.5, 0.6) is 0 Å². The fraction of sp³-hybridized carbons (Fsp3) is 0.615. The number of nitriles is 1. The van der Waals surface area contributed by atoms with E-state index in [1.54, 1.807) is 11.3 Å². The molecule has 0 saturated heterocycles. The predicted molar refractivity (Wildman–Crippen MR) is 77.0 cm³/mol. The monoisotopic (exact) mass is 314 g/mol. The first kappa shape index (κ1) is 14.7. The van der Waals surface area contributed by atoms with Crippen molar-refractivity contribution in [2.24, 2.45) is 5.41 Å². The van der Waals surface area contributed by atoms with E-state index >= 15 is 0 Å². The molecule has 94 valence electrons. The van der Waals surface area contributed by atoms with E-state index in [1.807, 2.05) is 13.8 Å². The maximum Gasteiger partial charge on any atom is 0.0683 e. The van der Waals surface area contributed by atoms with E-state index in [-0.39, 0.29) is 5.41 Å². The van der Waals surface area contributed by atoms with Gasteiger partial charge in [-0.2, -0.15) is 5.26 Å². The minimum atomic E-state index is -0.188. The van der Waals surface area contributed by atoms with Crippen molar-refractivity contribution in [3.63, 3.8) is 0 Å². The summed E-state index contributed by atoms with van der Waals surface area (Å²) in [6.45, 7) is 6.04. The molecule has 0 fully saturated rings. The molecule has 17 heavy (non-hydrogen) atoms. The summed E-state index contributed by atoms with van der Waals surface area (Å²) in [7, 11) is 2.13. The van der Waals surface area contributed by atoms with Gasteiger partial charge in [-0.1, -0.05) is 0 Å². The van der Waals surface area contributed by atoms with E-state index in [0.29, 0.717) is 0 Å². The molecule has 0 aliphatic rings. The summed E-state index contributed by atoms with van der Waals surface area (Å²) in [5.41, 5.74) is -0.188. The van der Waals surface area contributed by atoms with Gasteiger partial charge in [0.25, 0.3) is 0 Å². The van der Waals surface area contributed by atoms with Crippen molar-refractivity contribution in [2.45, 2.75) is 33.2 Å². The zero-order chi connectivity index (χ0) is 12.9.